The van der Waals surface area contributed by atoms with Crippen LogP contribution < -0.4 is 10.9 Å². The summed E-state index contributed by atoms with van der Waals surface area (Å²) in [4.78, 5) is 36.0. The van der Waals surface area contributed by atoms with Gasteiger partial charge >= 0.3 is 11.6 Å². The number of nitrogens with one attached hydrogen (secondary N) is 1. The summed E-state index contributed by atoms with van der Waals surface area (Å²) in [5, 5.41) is 5.01. The van der Waals surface area contributed by atoms with Gasteiger partial charge in [-0.2, -0.15) is 0 Å². The summed E-state index contributed by atoms with van der Waals surface area (Å²) in [6, 6.07) is 8.43. The molecule has 1 N–H and O–H groups in total. The van der Waals surface area contributed by atoms with Gasteiger partial charge in [-0.3, -0.25) is 9.59 Å². The van der Waals surface area contributed by atoms with Crippen LogP contribution >= 0.6 is 11.3 Å². The van der Waals surface area contributed by atoms with E-state index in [0.717, 1.165) is 16.5 Å². The average molecular weight is 371 g/mol. The minimum Gasteiger partial charge on any atom is -0.459 e. The van der Waals surface area contributed by atoms with Gasteiger partial charge in [0.05, 0.1) is 4.88 Å². The Bertz CT molecular complexity index is 1020. The van der Waals surface area contributed by atoms with Crippen molar-refractivity contribution in [1.29, 1.82) is 0 Å². The number of ether oxygens (including phenoxy) is 1. The molecule has 2 heterocycles. The van der Waals surface area contributed by atoms with Gasteiger partial charge in [0.15, 0.2) is 0 Å². The van der Waals surface area contributed by atoms with Gasteiger partial charge in [0.25, 0.3) is 5.91 Å². The Morgan fingerprint density at radius 1 is 1.19 bits per heavy atom. The number of rotatable bonds is 5. The number of carbonyl (C=O) groups is 2. The smallest absolute Gasteiger partial charge is 0.336 e. The van der Waals surface area contributed by atoms with Crippen LogP contribution in [0, 0.1) is 13.8 Å². The van der Waals surface area contributed by atoms with Crippen LogP contribution in [-0.4, -0.2) is 18.4 Å². The first-order chi connectivity index (χ1) is 12.4. The van der Waals surface area contributed by atoms with E-state index in [4.69, 9.17) is 9.15 Å². The molecule has 0 fully saturated rings. The lowest BCUT2D eigenvalue weighted by Crippen LogP contribution is -2.30. The molecule has 0 aliphatic heterocycles. The van der Waals surface area contributed by atoms with Crippen LogP contribution in [0.4, 0.5) is 0 Å². The molecule has 0 unspecified atom stereocenters. The molecule has 1 amide bonds. The maximum absolute atomic E-state index is 11.9. The number of aryl methyl sites for hydroxylation is 2. The lowest BCUT2D eigenvalue weighted by atomic mass is 10.0. The number of hydrogen-bond acceptors (Lipinski definition) is 6. The molecule has 134 valence electrons. The average Bonchev–Trinajstić information content (AvgIpc) is 3.14. The largest absolute Gasteiger partial charge is 0.459 e. The van der Waals surface area contributed by atoms with E-state index >= 15 is 0 Å². The number of esters is 1. The van der Waals surface area contributed by atoms with Crippen molar-refractivity contribution in [3.05, 3.63) is 67.7 Å². The van der Waals surface area contributed by atoms with Gasteiger partial charge in [0, 0.05) is 17.0 Å². The van der Waals surface area contributed by atoms with Crippen LogP contribution in [0.1, 0.15) is 26.4 Å². The van der Waals surface area contributed by atoms with Crippen molar-refractivity contribution in [3.63, 3.8) is 0 Å². The summed E-state index contributed by atoms with van der Waals surface area (Å²) >= 11 is 1.29. The summed E-state index contributed by atoms with van der Waals surface area (Å²) in [7, 11) is 0. The number of fused-ring (bicyclic) bond motifs is 1. The Kier molecular flexibility index (Phi) is 5.18. The fourth-order valence-corrected chi connectivity index (χ4v) is 3.10. The first-order valence-corrected chi connectivity index (χ1v) is 8.83. The van der Waals surface area contributed by atoms with Gasteiger partial charge in [-0.05, 0) is 48.6 Å². The Hall–Kier alpha value is -2.93. The number of carbonyl (C=O) groups excluding carboxylic acids is 2. The minimum absolute atomic E-state index is 0.0711. The first kappa shape index (κ1) is 17.9. The summed E-state index contributed by atoms with van der Waals surface area (Å²) in [5.74, 6) is -0.908. The fraction of sp³-hybridized carbons (Fsp3) is 0.211. The van der Waals surface area contributed by atoms with Crippen molar-refractivity contribution in [3.8, 4) is 0 Å². The lowest BCUT2D eigenvalue weighted by Gasteiger charge is -2.09. The molecule has 26 heavy (non-hydrogen) atoms. The van der Waals surface area contributed by atoms with E-state index in [1.54, 1.807) is 23.6 Å². The number of benzene rings is 1. The zero-order valence-electron chi connectivity index (χ0n) is 14.3. The van der Waals surface area contributed by atoms with Crippen molar-refractivity contribution in [2.75, 3.05) is 6.54 Å². The second-order valence-electron chi connectivity index (χ2n) is 5.84. The van der Waals surface area contributed by atoms with Crippen LogP contribution in [-0.2, 0) is 16.1 Å². The van der Waals surface area contributed by atoms with E-state index in [9.17, 15) is 14.4 Å². The van der Waals surface area contributed by atoms with Gasteiger partial charge < -0.3 is 14.5 Å². The Balaban J connectivity index is 1.67. The molecule has 1 aromatic carbocycles. The normalized spacial score (nSPS) is 10.7. The molecule has 0 saturated carbocycles. The molecular weight excluding hydrogens is 354 g/mol. The van der Waals surface area contributed by atoms with E-state index in [2.05, 4.69) is 5.32 Å². The van der Waals surface area contributed by atoms with E-state index in [-0.39, 0.29) is 19.1 Å². The third kappa shape index (κ3) is 4.00. The van der Waals surface area contributed by atoms with E-state index in [1.807, 2.05) is 19.9 Å². The zero-order chi connectivity index (χ0) is 18.7. The number of amides is 1. The van der Waals surface area contributed by atoms with Crippen molar-refractivity contribution in [1.82, 2.24) is 5.32 Å². The maximum atomic E-state index is 11.9. The van der Waals surface area contributed by atoms with Gasteiger partial charge in [0.2, 0.25) is 0 Å². The summed E-state index contributed by atoms with van der Waals surface area (Å²) in [6.07, 6.45) is 0. The molecule has 0 aliphatic carbocycles. The fourth-order valence-electron chi connectivity index (χ4n) is 2.46. The molecule has 3 rings (SSSR count). The summed E-state index contributed by atoms with van der Waals surface area (Å²) in [5.41, 5.74) is 2.57. The standard InChI is InChI=1S/C19H17NO5S/c1-11-6-14-13(8-17(21)25-15(14)7-12(11)2)10-24-18(22)9-20-19(23)16-4-3-5-26-16/h3-8H,9-10H2,1-2H3,(H,20,23). The Labute approximate surface area is 153 Å². The minimum atomic E-state index is -0.583. The first-order valence-electron chi connectivity index (χ1n) is 7.95. The van der Waals surface area contributed by atoms with Crippen LogP contribution in [0.5, 0.6) is 0 Å². The highest BCUT2D eigenvalue weighted by atomic mass is 32.1. The molecule has 6 nitrogen and oxygen atoms in total. The van der Waals surface area contributed by atoms with Gasteiger partial charge in [-0.15, -0.1) is 11.3 Å². The van der Waals surface area contributed by atoms with Gasteiger partial charge in [0.1, 0.15) is 18.7 Å². The molecule has 7 heteroatoms. The van der Waals surface area contributed by atoms with E-state index < -0.39 is 11.6 Å². The van der Waals surface area contributed by atoms with Crippen LogP contribution in [0.3, 0.4) is 0 Å². The van der Waals surface area contributed by atoms with Gasteiger partial charge in [-0.1, -0.05) is 6.07 Å². The molecule has 0 saturated heterocycles. The highest BCUT2D eigenvalue weighted by molar-refractivity contribution is 7.12. The topological polar surface area (TPSA) is 85.6 Å². The quantitative estimate of drug-likeness (QED) is 0.550. The second kappa shape index (κ2) is 7.53. The van der Waals surface area contributed by atoms with Crippen molar-refractivity contribution >= 4 is 34.2 Å². The van der Waals surface area contributed by atoms with Crippen molar-refractivity contribution < 1.29 is 18.7 Å². The predicted octanol–water partition coefficient (Wildman–Crippen LogP) is 2.94. The Morgan fingerprint density at radius 2 is 1.96 bits per heavy atom. The van der Waals surface area contributed by atoms with Crippen LogP contribution in [0.15, 0.2) is 44.9 Å². The molecule has 0 aliphatic rings. The molecule has 2 aromatic heterocycles. The highest BCUT2D eigenvalue weighted by Gasteiger charge is 2.12. The number of thiophene rings is 1. The van der Waals surface area contributed by atoms with E-state index in [0.29, 0.717) is 16.0 Å². The lowest BCUT2D eigenvalue weighted by molar-refractivity contribution is -0.143. The zero-order valence-corrected chi connectivity index (χ0v) is 15.1. The Morgan fingerprint density at radius 3 is 2.69 bits per heavy atom. The van der Waals surface area contributed by atoms with Crippen molar-refractivity contribution in [2.45, 2.75) is 20.5 Å². The summed E-state index contributed by atoms with van der Waals surface area (Å²) in [6.45, 7) is 3.57. The predicted molar refractivity (Wildman–Crippen MR) is 98.4 cm³/mol. The van der Waals surface area contributed by atoms with Crippen molar-refractivity contribution in [2.24, 2.45) is 0 Å². The summed E-state index contributed by atoms with van der Waals surface area (Å²) < 4.78 is 10.4. The molecular formula is C19H17NO5S. The SMILES string of the molecule is Cc1cc2oc(=O)cc(COC(=O)CNC(=O)c3cccs3)c2cc1C. The monoisotopic (exact) mass is 371 g/mol. The maximum Gasteiger partial charge on any atom is 0.336 e. The molecule has 0 atom stereocenters. The molecule has 0 radical (unpaired) electrons. The molecule has 0 bridgehead atoms. The highest BCUT2D eigenvalue weighted by Crippen LogP contribution is 2.22. The van der Waals surface area contributed by atoms with E-state index in [1.165, 1.54) is 17.4 Å². The molecule has 0 spiro atoms. The van der Waals surface area contributed by atoms with Crippen LogP contribution in [0.2, 0.25) is 0 Å². The third-order valence-corrected chi connectivity index (χ3v) is 4.84. The van der Waals surface area contributed by atoms with Gasteiger partial charge in [-0.25, -0.2) is 4.79 Å². The molecule has 3 aromatic rings. The second-order valence-corrected chi connectivity index (χ2v) is 6.79. The number of hydrogen-bond donors (Lipinski definition) is 1. The third-order valence-electron chi connectivity index (χ3n) is 3.97. The van der Waals surface area contributed by atoms with Crippen LogP contribution in [0.25, 0.3) is 11.0 Å².